The monoisotopic (exact) mass is 263 g/mol. The summed E-state index contributed by atoms with van der Waals surface area (Å²) in [6, 6.07) is 4.46. The Balaban J connectivity index is 1.84. The van der Waals surface area contributed by atoms with Crippen molar-refractivity contribution in [3.8, 4) is 5.75 Å². The maximum atomic E-state index is 5.92. The zero-order valence-corrected chi connectivity index (χ0v) is 12.0. The molecule has 2 rings (SSSR count). The molecule has 1 fully saturated rings. The van der Waals surface area contributed by atoms with Crippen LogP contribution < -0.4 is 10.5 Å². The number of rotatable bonds is 6. The van der Waals surface area contributed by atoms with Crippen LogP contribution in [0.3, 0.4) is 0 Å². The minimum absolute atomic E-state index is 0.434. The van der Waals surface area contributed by atoms with Gasteiger partial charge in [0, 0.05) is 24.7 Å². The number of likely N-dealkylation sites (tertiary alicyclic amines) is 1. The lowest BCUT2D eigenvalue weighted by molar-refractivity contribution is 0.187. The number of hydrogen-bond donors (Lipinski definition) is 1. The zero-order valence-electron chi connectivity index (χ0n) is 12.0. The molecule has 19 heavy (non-hydrogen) atoms. The smallest absolute Gasteiger partial charge is 0.137 e. The van der Waals surface area contributed by atoms with Crippen LogP contribution in [0.25, 0.3) is 0 Å². The number of aromatic nitrogens is 1. The fraction of sp³-hybridized carbons (Fsp3) is 0.667. The van der Waals surface area contributed by atoms with E-state index in [1.807, 2.05) is 12.1 Å². The molecule has 1 aromatic rings. The standard InChI is InChI=1S/C15H25N3O/c1-12(2)18-7-5-13(10-18)14(8-16)11-19-15-4-3-6-17-9-15/h3-4,6,9,12-14H,5,7-8,10-11,16H2,1-2H3. The molecule has 2 unspecified atom stereocenters. The molecular formula is C15H25N3O. The molecule has 0 aromatic carbocycles. The summed E-state index contributed by atoms with van der Waals surface area (Å²) < 4.78 is 5.81. The van der Waals surface area contributed by atoms with E-state index in [1.165, 1.54) is 13.0 Å². The molecule has 0 bridgehead atoms. The molecule has 1 saturated heterocycles. The van der Waals surface area contributed by atoms with E-state index in [2.05, 4.69) is 23.7 Å². The minimum atomic E-state index is 0.434. The van der Waals surface area contributed by atoms with Crippen molar-refractivity contribution in [2.45, 2.75) is 26.3 Å². The lowest BCUT2D eigenvalue weighted by Crippen LogP contribution is -2.33. The number of nitrogens with zero attached hydrogens (tertiary/aromatic N) is 2. The van der Waals surface area contributed by atoms with Crippen LogP contribution in [0, 0.1) is 11.8 Å². The Morgan fingerprint density at radius 3 is 2.95 bits per heavy atom. The van der Waals surface area contributed by atoms with E-state index in [9.17, 15) is 0 Å². The van der Waals surface area contributed by atoms with Crippen molar-refractivity contribution in [2.75, 3.05) is 26.2 Å². The van der Waals surface area contributed by atoms with E-state index in [-0.39, 0.29) is 0 Å². The van der Waals surface area contributed by atoms with Crippen LogP contribution in [0.1, 0.15) is 20.3 Å². The van der Waals surface area contributed by atoms with Crippen molar-refractivity contribution in [1.82, 2.24) is 9.88 Å². The fourth-order valence-electron chi connectivity index (χ4n) is 2.70. The van der Waals surface area contributed by atoms with Crippen LogP contribution in [0.4, 0.5) is 0 Å². The summed E-state index contributed by atoms with van der Waals surface area (Å²) in [4.78, 5) is 6.58. The van der Waals surface area contributed by atoms with Crippen molar-refractivity contribution >= 4 is 0 Å². The molecule has 2 N–H and O–H groups in total. The molecule has 1 aliphatic heterocycles. The van der Waals surface area contributed by atoms with Gasteiger partial charge >= 0.3 is 0 Å². The van der Waals surface area contributed by atoms with E-state index >= 15 is 0 Å². The first kappa shape index (κ1) is 14.3. The Labute approximate surface area is 116 Å². The van der Waals surface area contributed by atoms with Gasteiger partial charge in [-0.15, -0.1) is 0 Å². The normalized spacial score (nSPS) is 21.8. The third-order valence-corrected chi connectivity index (χ3v) is 4.05. The Morgan fingerprint density at radius 1 is 1.53 bits per heavy atom. The Kier molecular flexibility index (Phi) is 5.16. The first-order chi connectivity index (χ1) is 9.20. The summed E-state index contributed by atoms with van der Waals surface area (Å²) in [5, 5.41) is 0. The number of pyridine rings is 1. The van der Waals surface area contributed by atoms with Gasteiger partial charge < -0.3 is 15.4 Å². The van der Waals surface area contributed by atoms with Gasteiger partial charge in [-0.05, 0) is 51.4 Å². The van der Waals surface area contributed by atoms with Crippen molar-refractivity contribution in [3.63, 3.8) is 0 Å². The lowest BCUT2D eigenvalue weighted by atomic mass is 9.92. The van der Waals surface area contributed by atoms with Crippen molar-refractivity contribution in [2.24, 2.45) is 17.6 Å². The maximum Gasteiger partial charge on any atom is 0.137 e. The second-order valence-electron chi connectivity index (χ2n) is 5.63. The molecule has 0 amide bonds. The van der Waals surface area contributed by atoms with Crippen molar-refractivity contribution < 1.29 is 4.74 Å². The summed E-state index contributed by atoms with van der Waals surface area (Å²) in [7, 11) is 0. The van der Waals surface area contributed by atoms with E-state index in [0.29, 0.717) is 31.0 Å². The zero-order chi connectivity index (χ0) is 13.7. The fourth-order valence-corrected chi connectivity index (χ4v) is 2.70. The van der Waals surface area contributed by atoms with Crippen molar-refractivity contribution in [1.29, 1.82) is 0 Å². The Bertz CT molecular complexity index is 369. The molecule has 106 valence electrons. The highest BCUT2D eigenvalue weighted by Crippen LogP contribution is 2.25. The van der Waals surface area contributed by atoms with Crippen LogP contribution >= 0.6 is 0 Å². The van der Waals surface area contributed by atoms with E-state index in [1.54, 1.807) is 12.4 Å². The number of nitrogens with two attached hydrogens (primary N) is 1. The van der Waals surface area contributed by atoms with Gasteiger partial charge in [-0.2, -0.15) is 0 Å². The van der Waals surface area contributed by atoms with E-state index < -0.39 is 0 Å². The first-order valence-electron chi connectivity index (χ1n) is 7.17. The van der Waals surface area contributed by atoms with Gasteiger partial charge in [0.05, 0.1) is 12.8 Å². The summed E-state index contributed by atoms with van der Waals surface area (Å²) in [5.74, 6) is 1.92. The van der Waals surface area contributed by atoms with Gasteiger partial charge in [0.2, 0.25) is 0 Å². The molecule has 0 spiro atoms. The van der Waals surface area contributed by atoms with Crippen LogP contribution in [0.2, 0.25) is 0 Å². The molecule has 0 saturated carbocycles. The van der Waals surface area contributed by atoms with Gasteiger partial charge in [0.1, 0.15) is 5.75 Å². The van der Waals surface area contributed by atoms with Crippen molar-refractivity contribution in [3.05, 3.63) is 24.5 Å². The Hall–Kier alpha value is -1.13. The number of ether oxygens (including phenoxy) is 1. The van der Waals surface area contributed by atoms with Crippen LogP contribution in [-0.4, -0.2) is 42.2 Å². The molecule has 4 heteroatoms. The third kappa shape index (κ3) is 3.91. The highest BCUT2D eigenvalue weighted by atomic mass is 16.5. The molecule has 4 nitrogen and oxygen atoms in total. The first-order valence-corrected chi connectivity index (χ1v) is 7.17. The molecule has 1 aliphatic rings. The van der Waals surface area contributed by atoms with Crippen LogP contribution in [-0.2, 0) is 0 Å². The maximum absolute atomic E-state index is 5.92. The highest BCUT2D eigenvalue weighted by molar-refractivity contribution is 5.15. The highest BCUT2D eigenvalue weighted by Gasteiger charge is 2.30. The topological polar surface area (TPSA) is 51.4 Å². The minimum Gasteiger partial charge on any atom is -0.492 e. The average Bonchev–Trinajstić information content (AvgIpc) is 2.90. The van der Waals surface area contributed by atoms with Gasteiger partial charge in [-0.1, -0.05) is 0 Å². The second kappa shape index (κ2) is 6.87. The van der Waals surface area contributed by atoms with E-state index in [0.717, 1.165) is 12.3 Å². The summed E-state index contributed by atoms with van der Waals surface area (Å²) in [6.45, 7) is 8.23. The summed E-state index contributed by atoms with van der Waals surface area (Å²) in [5.41, 5.74) is 5.92. The SMILES string of the molecule is CC(C)N1CCC(C(CN)COc2cccnc2)C1. The average molecular weight is 263 g/mol. The van der Waals surface area contributed by atoms with Gasteiger partial charge in [0.15, 0.2) is 0 Å². The largest absolute Gasteiger partial charge is 0.492 e. The van der Waals surface area contributed by atoms with Gasteiger partial charge in [0.25, 0.3) is 0 Å². The number of hydrogen-bond acceptors (Lipinski definition) is 4. The molecule has 2 heterocycles. The predicted octanol–water partition coefficient (Wildman–Crippen LogP) is 1.77. The van der Waals surface area contributed by atoms with Gasteiger partial charge in [-0.3, -0.25) is 4.98 Å². The second-order valence-corrected chi connectivity index (χ2v) is 5.63. The van der Waals surface area contributed by atoms with Crippen LogP contribution in [0.5, 0.6) is 5.75 Å². The molecular weight excluding hydrogens is 238 g/mol. The summed E-state index contributed by atoms with van der Waals surface area (Å²) in [6.07, 6.45) is 4.74. The third-order valence-electron chi connectivity index (χ3n) is 4.05. The van der Waals surface area contributed by atoms with E-state index in [4.69, 9.17) is 10.5 Å². The molecule has 0 radical (unpaired) electrons. The molecule has 2 atom stereocenters. The van der Waals surface area contributed by atoms with Crippen LogP contribution in [0.15, 0.2) is 24.5 Å². The Morgan fingerprint density at radius 2 is 2.37 bits per heavy atom. The molecule has 1 aromatic heterocycles. The quantitative estimate of drug-likeness (QED) is 0.850. The molecule has 0 aliphatic carbocycles. The van der Waals surface area contributed by atoms with Gasteiger partial charge in [-0.25, -0.2) is 0 Å². The summed E-state index contributed by atoms with van der Waals surface area (Å²) >= 11 is 0. The lowest BCUT2D eigenvalue weighted by Gasteiger charge is -2.24. The predicted molar refractivity (Wildman–Crippen MR) is 77.1 cm³/mol.